The first-order valence-electron chi connectivity index (χ1n) is 22.2. The Morgan fingerprint density at radius 1 is 0.369 bits per heavy atom. The number of thiophene rings is 1. The minimum atomic E-state index is 1.01. The number of para-hydroxylation sites is 3. The zero-order valence-electron chi connectivity index (χ0n) is 35.1. The third-order valence-corrected chi connectivity index (χ3v) is 14.7. The van der Waals surface area contributed by atoms with E-state index in [0.29, 0.717) is 0 Å². The van der Waals surface area contributed by atoms with Gasteiger partial charge in [0.15, 0.2) is 5.65 Å². The first-order chi connectivity index (χ1) is 32.2. The van der Waals surface area contributed by atoms with Crippen molar-refractivity contribution in [1.82, 2.24) is 14.0 Å². The summed E-state index contributed by atoms with van der Waals surface area (Å²) in [7, 11) is 0. The molecule has 4 heteroatoms. The van der Waals surface area contributed by atoms with Gasteiger partial charge >= 0.3 is 0 Å². The first kappa shape index (κ1) is 36.2. The van der Waals surface area contributed by atoms with Crippen LogP contribution < -0.4 is 0 Å². The summed E-state index contributed by atoms with van der Waals surface area (Å²) >= 11 is 1.83. The molecule has 0 N–H and O–H groups in total. The van der Waals surface area contributed by atoms with Crippen LogP contribution in [0.5, 0.6) is 0 Å². The lowest BCUT2D eigenvalue weighted by Crippen LogP contribution is -1.95. The molecule has 0 unspecified atom stereocenters. The van der Waals surface area contributed by atoms with Crippen molar-refractivity contribution in [1.29, 1.82) is 0 Å². The number of hydrogen-bond acceptors (Lipinski definition) is 2. The van der Waals surface area contributed by atoms with E-state index in [9.17, 15) is 0 Å². The molecule has 0 fully saturated rings. The van der Waals surface area contributed by atoms with E-state index in [1.165, 1.54) is 96.9 Å². The van der Waals surface area contributed by atoms with Gasteiger partial charge in [-0.1, -0.05) is 188 Å². The number of pyridine rings is 1. The maximum Gasteiger partial charge on any atom is 0.156 e. The lowest BCUT2D eigenvalue weighted by molar-refractivity contribution is 1.18. The van der Waals surface area contributed by atoms with E-state index in [-0.39, 0.29) is 0 Å². The number of imidazole rings is 1. The van der Waals surface area contributed by atoms with Crippen LogP contribution >= 0.6 is 11.3 Å². The Labute approximate surface area is 378 Å². The van der Waals surface area contributed by atoms with Crippen LogP contribution in [-0.2, 0) is 0 Å². The zero-order valence-corrected chi connectivity index (χ0v) is 35.9. The van der Waals surface area contributed by atoms with Gasteiger partial charge in [-0.25, -0.2) is 4.98 Å². The van der Waals surface area contributed by atoms with Crippen LogP contribution in [0.2, 0.25) is 0 Å². The predicted octanol–water partition coefficient (Wildman–Crippen LogP) is 16.9. The van der Waals surface area contributed by atoms with Gasteiger partial charge in [-0.3, -0.25) is 4.40 Å². The molecule has 0 spiro atoms. The smallest absolute Gasteiger partial charge is 0.156 e. The van der Waals surface area contributed by atoms with Crippen molar-refractivity contribution < 1.29 is 0 Å². The van der Waals surface area contributed by atoms with Gasteiger partial charge in [0.2, 0.25) is 0 Å². The number of benzene rings is 10. The summed E-state index contributed by atoms with van der Waals surface area (Å²) in [5, 5.41) is 9.90. The average molecular weight is 844 g/mol. The third kappa shape index (κ3) is 5.45. The molecule has 0 atom stereocenters. The molecule has 10 aromatic carbocycles. The number of fused-ring (bicyclic) bond motifs is 13. The number of rotatable bonds is 5. The lowest BCUT2D eigenvalue weighted by Gasteiger charge is -2.14. The maximum absolute atomic E-state index is 5.41. The van der Waals surface area contributed by atoms with Gasteiger partial charge in [0, 0.05) is 42.9 Å². The monoisotopic (exact) mass is 843 g/mol. The summed E-state index contributed by atoms with van der Waals surface area (Å²) in [6.45, 7) is 0. The highest BCUT2D eigenvalue weighted by Crippen LogP contribution is 2.43. The van der Waals surface area contributed by atoms with Crippen molar-refractivity contribution in [3.63, 3.8) is 0 Å². The number of nitrogens with zero attached hydrogens (tertiary/aromatic N) is 3. The largest absolute Gasteiger partial charge is 0.309 e. The van der Waals surface area contributed by atoms with Gasteiger partial charge in [0.05, 0.1) is 32.5 Å². The summed E-state index contributed by atoms with van der Waals surface area (Å²) < 4.78 is 7.30. The van der Waals surface area contributed by atoms with Crippen molar-refractivity contribution in [2.45, 2.75) is 0 Å². The second-order valence-electron chi connectivity index (χ2n) is 17.0. The fraction of sp³-hybridized carbons (Fsp3) is 0. The Kier molecular flexibility index (Phi) is 7.85. The van der Waals surface area contributed by atoms with Crippen molar-refractivity contribution >= 4 is 91.5 Å². The summed E-state index contributed by atoms with van der Waals surface area (Å²) in [5.41, 5.74) is 16.3. The molecule has 0 aliphatic heterocycles. The van der Waals surface area contributed by atoms with Gasteiger partial charge in [0.1, 0.15) is 0 Å². The third-order valence-electron chi connectivity index (χ3n) is 13.5. The summed E-state index contributed by atoms with van der Waals surface area (Å²) in [6.07, 6.45) is 0. The summed E-state index contributed by atoms with van der Waals surface area (Å²) in [4.78, 5) is 5.41. The van der Waals surface area contributed by atoms with E-state index >= 15 is 0 Å². The van der Waals surface area contributed by atoms with Gasteiger partial charge in [-0.15, -0.1) is 11.3 Å². The van der Waals surface area contributed by atoms with Crippen molar-refractivity contribution in [2.75, 3.05) is 0 Å². The van der Waals surface area contributed by atoms with E-state index in [4.69, 9.17) is 4.98 Å². The molecule has 3 nitrogen and oxygen atoms in total. The van der Waals surface area contributed by atoms with Gasteiger partial charge in [0.25, 0.3) is 0 Å². The van der Waals surface area contributed by atoms with E-state index in [0.717, 1.165) is 33.6 Å². The Bertz CT molecular complexity index is 4210. The van der Waals surface area contributed by atoms with Crippen molar-refractivity contribution in [3.8, 4) is 50.3 Å². The molecule has 0 aliphatic carbocycles. The van der Waals surface area contributed by atoms with Crippen LogP contribution in [0.25, 0.3) is 131 Å². The highest BCUT2D eigenvalue weighted by Gasteiger charge is 2.20. The standard InChI is InChI=1S/C61H37N3S/c1-2-14-43(15-3-1)63-54-23-10-8-19-50(54)52-22-12-21-47(59(52)63)41-27-25-39(26-28-41)44-34-35-45(49-18-7-6-17-48(44)49)40-29-31-42(32-30-40)56-37-53-51-20-9-11-24-57(51)65-60(53)61-62-58-46-16-5-4-13-38(46)33-36-55(58)64(56)61/h1-37H. The molecular formula is C61H37N3S. The van der Waals surface area contributed by atoms with Crippen molar-refractivity contribution in [3.05, 3.63) is 224 Å². The van der Waals surface area contributed by atoms with Crippen LogP contribution in [0.3, 0.4) is 0 Å². The number of aromatic nitrogens is 3. The molecule has 302 valence electrons. The van der Waals surface area contributed by atoms with E-state index in [1.54, 1.807) is 0 Å². The van der Waals surface area contributed by atoms with Crippen LogP contribution in [0.4, 0.5) is 0 Å². The molecule has 14 rings (SSSR count). The van der Waals surface area contributed by atoms with E-state index in [1.807, 2.05) is 11.3 Å². The molecule has 14 aromatic rings. The maximum atomic E-state index is 5.41. The minimum absolute atomic E-state index is 1.01. The lowest BCUT2D eigenvalue weighted by atomic mass is 9.91. The van der Waals surface area contributed by atoms with E-state index < -0.39 is 0 Å². The van der Waals surface area contributed by atoms with Crippen LogP contribution in [-0.4, -0.2) is 14.0 Å². The average Bonchev–Trinajstić information content (AvgIpc) is 4.07. The second kappa shape index (κ2) is 14.1. The topological polar surface area (TPSA) is 22.2 Å². The molecule has 0 aliphatic rings. The first-order valence-corrected chi connectivity index (χ1v) is 23.0. The highest BCUT2D eigenvalue weighted by molar-refractivity contribution is 7.26. The van der Waals surface area contributed by atoms with Crippen LogP contribution in [0.1, 0.15) is 0 Å². The summed E-state index contributed by atoms with van der Waals surface area (Å²) in [5.74, 6) is 0. The van der Waals surface area contributed by atoms with Gasteiger partial charge in [-0.2, -0.15) is 0 Å². The Hall–Kier alpha value is -8.31. The Morgan fingerprint density at radius 2 is 0.954 bits per heavy atom. The molecule has 65 heavy (non-hydrogen) atoms. The summed E-state index contributed by atoms with van der Waals surface area (Å²) in [6, 6.07) is 82.1. The molecule has 0 saturated carbocycles. The minimum Gasteiger partial charge on any atom is -0.309 e. The normalized spacial score (nSPS) is 12.0. The molecular weight excluding hydrogens is 807 g/mol. The highest BCUT2D eigenvalue weighted by atomic mass is 32.1. The molecule has 4 heterocycles. The van der Waals surface area contributed by atoms with Crippen molar-refractivity contribution in [2.24, 2.45) is 0 Å². The Balaban J connectivity index is 0.867. The molecule has 0 bridgehead atoms. The fourth-order valence-electron chi connectivity index (χ4n) is 10.5. The Morgan fingerprint density at radius 3 is 1.69 bits per heavy atom. The predicted molar refractivity (Wildman–Crippen MR) is 277 cm³/mol. The number of hydrogen-bond donors (Lipinski definition) is 0. The molecule has 0 amide bonds. The van der Waals surface area contributed by atoms with Gasteiger partial charge < -0.3 is 4.57 Å². The zero-order chi connectivity index (χ0) is 42.6. The molecule has 0 radical (unpaired) electrons. The quantitative estimate of drug-likeness (QED) is 0.169. The van der Waals surface area contributed by atoms with Crippen LogP contribution in [0, 0.1) is 0 Å². The fourth-order valence-corrected chi connectivity index (χ4v) is 11.7. The molecule has 0 saturated heterocycles. The van der Waals surface area contributed by atoms with Gasteiger partial charge in [-0.05, 0) is 85.9 Å². The van der Waals surface area contributed by atoms with E-state index in [2.05, 4.69) is 233 Å². The second-order valence-corrected chi connectivity index (χ2v) is 18.1. The van der Waals surface area contributed by atoms with Crippen LogP contribution in [0.15, 0.2) is 224 Å². The SMILES string of the molecule is c1ccc(-n2c3ccccc3c3cccc(-c4ccc(-c5ccc(-c6ccc(-c7cc8c9ccccc9sc8c8nc9c%10ccccc%10ccc9n78)cc6)c6ccccc56)cc4)c32)cc1. The molecule has 4 aromatic heterocycles.